The lowest BCUT2D eigenvalue weighted by atomic mass is 10.2. The molecule has 0 unspecified atom stereocenters. The van der Waals surface area contributed by atoms with Gasteiger partial charge in [0.05, 0.1) is 0 Å². The van der Waals surface area contributed by atoms with Crippen molar-refractivity contribution in [2.45, 2.75) is 25.7 Å². The Morgan fingerprint density at radius 3 is 2.55 bits per heavy atom. The lowest BCUT2D eigenvalue weighted by molar-refractivity contribution is -0.137. The first-order valence-electron chi connectivity index (χ1n) is 3.74. The minimum atomic E-state index is -0.704. The first-order valence-corrected chi connectivity index (χ1v) is 4.14. The smallest absolute Gasteiger partial charge is 0.303 e. The zero-order valence-electron chi connectivity index (χ0n) is 6.79. The molecule has 3 nitrogen and oxygen atoms in total. The number of thiol groups is 1. The van der Waals surface area contributed by atoms with Gasteiger partial charge in [-0.3, -0.25) is 9.10 Å². The van der Waals surface area contributed by atoms with Crippen molar-refractivity contribution in [2.75, 3.05) is 13.6 Å². The third kappa shape index (κ3) is 9.78. The highest BCUT2D eigenvalue weighted by Gasteiger charge is 1.96. The van der Waals surface area contributed by atoms with E-state index in [4.69, 9.17) is 5.11 Å². The second-order valence-electron chi connectivity index (χ2n) is 2.59. The minimum absolute atomic E-state index is 0.288. The average molecular weight is 177 g/mol. The normalized spacial score (nSPS) is 10.5. The molecule has 4 heteroatoms. The number of aliphatic carboxylic acids is 1. The van der Waals surface area contributed by atoms with E-state index in [-0.39, 0.29) is 6.42 Å². The largest absolute Gasteiger partial charge is 0.481 e. The maximum Gasteiger partial charge on any atom is 0.303 e. The standard InChI is InChI=1S/C7H15NO2S/c1-8(11)6-4-2-3-5-7(9)10/h11H,2-6H2,1H3,(H,9,10). The number of nitrogens with zero attached hydrogens (tertiary/aromatic N) is 1. The van der Waals surface area contributed by atoms with Crippen LogP contribution in [0.3, 0.4) is 0 Å². The number of carboxylic acids is 1. The molecule has 0 aliphatic heterocycles. The molecule has 0 aromatic carbocycles. The van der Waals surface area contributed by atoms with Crippen LogP contribution >= 0.6 is 12.8 Å². The maximum atomic E-state index is 10.1. The summed E-state index contributed by atoms with van der Waals surface area (Å²) in [4.78, 5) is 10.1. The van der Waals surface area contributed by atoms with Crippen molar-refractivity contribution in [3.63, 3.8) is 0 Å². The Balaban J connectivity index is 2.97. The quantitative estimate of drug-likeness (QED) is 0.476. The van der Waals surface area contributed by atoms with Crippen LogP contribution in [0.2, 0.25) is 0 Å². The van der Waals surface area contributed by atoms with Gasteiger partial charge >= 0.3 is 5.97 Å². The number of hydrogen-bond acceptors (Lipinski definition) is 3. The van der Waals surface area contributed by atoms with Gasteiger partial charge in [0.25, 0.3) is 0 Å². The molecule has 0 rings (SSSR count). The summed E-state index contributed by atoms with van der Waals surface area (Å²) in [5.74, 6) is -0.704. The Morgan fingerprint density at radius 2 is 2.09 bits per heavy atom. The van der Waals surface area contributed by atoms with E-state index in [1.165, 1.54) is 0 Å². The molecule has 0 bridgehead atoms. The van der Waals surface area contributed by atoms with Crippen molar-refractivity contribution in [1.29, 1.82) is 0 Å². The fourth-order valence-electron chi connectivity index (χ4n) is 0.794. The van der Waals surface area contributed by atoms with E-state index >= 15 is 0 Å². The van der Waals surface area contributed by atoms with E-state index in [1.807, 2.05) is 7.05 Å². The SMILES string of the molecule is CN(S)CCCCCC(=O)O. The summed E-state index contributed by atoms with van der Waals surface area (Å²) in [5, 5.41) is 8.30. The fraction of sp³-hybridized carbons (Fsp3) is 0.857. The van der Waals surface area contributed by atoms with Crippen molar-refractivity contribution in [1.82, 2.24) is 4.31 Å². The van der Waals surface area contributed by atoms with E-state index in [9.17, 15) is 4.79 Å². The van der Waals surface area contributed by atoms with Crippen LogP contribution in [0, 0.1) is 0 Å². The summed E-state index contributed by atoms with van der Waals surface area (Å²) in [6, 6.07) is 0. The van der Waals surface area contributed by atoms with E-state index in [0.717, 1.165) is 25.8 Å². The molecule has 66 valence electrons. The van der Waals surface area contributed by atoms with Gasteiger partial charge in [-0.25, -0.2) is 0 Å². The molecule has 0 saturated heterocycles. The molecule has 1 N–H and O–H groups in total. The minimum Gasteiger partial charge on any atom is -0.481 e. The van der Waals surface area contributed by atoms with Crippen LogP contribution in [-0.2, 0) is 4.79 Å². The molecule has 11 heavy (non-hydrogen) atoms. The molecule has 0 saturated carbocycles. The van der Waals surface area contributed by atoms with Crippen LogP contribution in [0.5, 0.6) is 0 Å². The van der Waals surface area contributed by atoms with Gasteiger partial charge < -0.3 is 5.11 Å². The van der Waals surface area contributed by atoms with E-state index in [0.29, 0.717) is 0 Å². The average Bonchev–Trinajstić information content (AvgIpc) is 1.85. The molecule has 0 spiro atoms. The second-order valence-corrected chi connectivity index (χ2v) is 3.27. The zero-order chi connectivity index (χ0) is 8.69. The predicted octanol–water partition coefficient (Wildman–Crippen LogP) is 1.41. The predicted molar refractivity (Wildman–Crippen MR) is 47.7 cm³/mol. The van der Waals surface area contributed by atoms with Crippen LogP contribution in [0.1, 0.15) is 25.7 Å². The van der Waals surface area contributed by atoms with Crippen LogP contribution in [0.4, 0.5) is 0 Å². The summed E-state index contributed by atoms with van der Waals surface area (Å²) >= 11 is 4.06. The topological polar surface area (TPSA) is 40.5 Å². The lowest BCUT2D eigenvalue weighted by Gasteiger charge is -2.06. The van der Waals surface area contributed by atoms with Crippen LogP contribution in [0.25, 0.3) is 0 Å². The van der Waals surface area contributed by atoms with Gasteiger partial charge in [0.15, 0.2) is 0 Å². The fourth-order valence-corrected chi connectivity index (χ4v) is 0.935. The van der Waals surface area contributed by atoms with Crippen molar-refractivity contribution in [3.05, 3.63) is 0 Å². The Kier molecular flexibility index (Phi) is 6.36. The number of unbranched alkanes of at least 4 members (excludes halogenated alkanes) is 2. The highest BCUT2D eigenvalue weighted by Crippen LogP contribution is 2.01. The maximum absolute atomic E-state index is 10.1. The molecule has 0 amide bonds. The summed E-state index contributed by atoms with van der Waals surface area (Å²) in [6.45, 7) is 0.919. The number of carbonyl (C=O) groups is 1. The van der Waals surface area contributed by atoms with Gasteiger partial charge in [-0.15, -0.1) is 0 Å². The Labute approximate surface area is 72.9 Å². The third-order valence-corrected chi connectivity index (χ3v) is 1.57. The molecule has 0 aliphatic rings. The van der Waals surface area contributed by atoms with Crippen LogP contribution < -0.4 is 0 Å². The van der Waals surface area contributed by atoms with Crippen molar-refractivity contribution < 1.29 is 9.90 Å². The zero-order valence-corrected chi connectivity index (χ0v) is 7.68. The molecule has 0 aromatic rings. The Bertz CT molecular complexity index is 117. The highest BCUT2D eigenvalue weighted by atomic mass is 32.1. The number of hydrogen-bond donors (Lipinski definition) is 2. The van der Waals surface area contributed by atoms with Gasteiger partial charge in [0.1, 0.15) is 0 Å². The Morgan fingerprint density at radius 1 is 1.45 bits per heavy atom. The molecule has 0 radical (unpaired) electrons. The summed E-state index contributed by atoms with van der Waals surface area (Å²) in [5.41, 5.74) is 0. The van der Waals surface area contributed by atoms with Gasteiger partial charge in [-0.1, -0.05) is 19.2 Å². The molecule has 0 aliphatic carbocycles. The Hall–Kier alpha value is -0.220. The van der Waals surface area contributed by atoms with E-state index in [2.05, 4.69) is 12.8 Å². The second kappa shape index (κ2) is 6.49. The van der Waals surface area contributed by atoms with Gasteiger partial charge in [0, 0.05) is 13.0 Å². The number of carboxylic acid groups (broad SMARTS) is 1. The molecule has 0 fully saturated rings. The van der Waals surface area contributed by atoms with Crippen molar-refractivity contribution in [3.8, 4) is 0 Å². The summed E-state index contributed by atoms with van der Waals surface area (Å²) < 4.78 is 1.81. The third-order valence-electron chi connectivity index (χ3n) is 1.37. The van der Waals surface area contributed by atoms with E-state index < -0.39 is 5.97 Å². The highest BCUT2D eigenvalue weighted by molar-refractivity contribution is 7.77. The first-order chi connectivity index (χ1) is 5.13. The first kappa shape index (κ1) is 10.8. The van der Waals surface area contributed by atoms with Crippen LogP contribution in [0.15, 0.2) is 0 Å². The van der Waals surface area contributed by atoms with Gasteiger partial charge in [-0.2, -0.15) is 0 Å². The molecular weight excluding hydrogens is 162 g/mol. The molecule has 0 atom stereocenters. The van der Waals surface area contributed by atoms with Crippen molar-refractivity contribution >= 4 is 18.8 Å². The van der Waals surface area contributed by atoms with Crippen LogP contribution in [-0.4, -0.2) is 29.0 Å². The molecule has 0 aromatic heterocycles. The van der Waals surface area contributed by atoms with Gasteiger partial charge in [-0.05, 0) is 19.9 Å². The van der Waals surface area contributed by atoms with Gasteiger partial charge in [0.2, 0.25) is 0 Å². The lowest BCUT2D eigenvalue weighted by Crippen LogP contribution is -2.06. The summed E-state index contributed by atoms with van der Waals surface area (Å²) in [6.07, 6.45) is 3.05. The molecule has 0 heterocycles. The van der Waals surface area contributed by atoms with E-state index in [1.54, 1.807) is 4.31 Å². The van der Waals surface area contributed by atoms with Crippen molar-refractivity contribution in [2.24, 2.45) is 0 Å². The molecular formula is C7H15NO2S. The monoisotopic (exact) mass is 177 g/mol. The number of rotatable bonds is 6. The summed E-state index contributed by atoms with van der Waals surface area (Å²) in [7, 11) is 1.89.